The van der Waals surface area contributed by atoms with Crippen LogP contribution in [0.5, 0.6) is 5.75 Å². The fraction of sp³-hybridized carbons (Fsp3) is 0.357. The summed E-state index contributed by atoms with van der Waals surface area (Å²) >= 11 is 0. The molecule has 2 aromatic rings. The normalized spacial score (nSPS) is 11.6. The summed E-state index contributed by atoms with van der Waals surface area (Å²) < 4.78 is 5.14. The van der Waals surface area contributed by atoms with E-state index in [-0.39, 0.29) is 5.41 Å². The average Bonchev–Trinajstić information content (AvgIpc) is 2.77. The van der Waals surface area contributed by atoms with E-state index in [1.165, 1.54) is 0 Å². The Kier molecular flexibility index (Phi) is 3.03. The maximum Gasteiger partial charge on any atom is 0.141 e. The number of hydrogen-bond acceptors (Lipinski definition) is 3. The van der Waals surface area contributed by atoms with Crippen molar-refractivity contribution in [3.05, 3.63) is 30.1 Å². The lowest BCUT2D eigenvalue weighted by Crippen LogP contribution is -2.11. The van der Waals surface area contributed by atoms with Crippen LogP contribution in [0, 0.1) is 0 Å². The summed E-state index contributed by atoms with van der Waals surface area (Å²) in [6, 6.07) is 5.66. The van der Waals surface area contributed by atoms with E-state index in [4.69, 9.17) is 10.5 Å². The van der Waals surface area contributed by atoms with Crippen LogP contribution in [0.25, 0.3) is 11.4 Å². The van der Waals surface area contributed by atoms with Crippen molar-refractivity contribution >= 4 is 5.69 Å². The molecule has 3 N–H and O–H groups in total. The van der Waals surface area contributed by atoms with Crippen molar-refractivity contribution in [2.45, 2.75) is 26.2 Å². The molecule has 0 saturated heterocycles. The summed E-state index contributed by atoms with van der Waals surface area (Å²) in [4.78, 5) is 7.72. The Bertz CT molecular complexity index is 552. The molecular formula is C14H19N3O. The zero-order chi connectivity index (χ0) is 13.3. The van der Waals surface area contributed by atoms with Crippen molar-refractivity contribution in [1.82, 2.24) is 9.97 Å². The van der Waals surface area contributed by atoms with Crippen LogP contribution in [0.3, 0.4) is 0 Å². The lowest BCUT2D eigenvalue weighted by molar-refractivity contribution is 0.417. The smallest absolute Gasteiger partial charge is 0.141 e. The first kappa shape index (κ1) is 12.5. The van der Waals surface area contributed by atoms with Gasteiger partial charge in [-0.3, -0.25) is 0 Å². The van der Waals surface area contributed by atoms with Gasteiger partial charge in [-0.05, 0) is 18.2 Å². The molecule has 0 bridgehead atoms. The van der Waals surface area contributed by atoms with Crippen molar-refractivity contribution in [1.29, 1.82) is 0 Å². The molecule has 2 rings (SSSR count). The third-order valence-electron chi connectivity index (χ3n) is 2.89. The number of imidazole rings is 1. The van der Waals surface area contributed by atoms with Crippen molar-refractivity contribution in [3.8, 4) is 17.1 Å². The van der Waals surface area contributed by atoms with E-state index < -0.39 is 0 Å². The number of rotatable bonds is 2. The molecule has 0 aliphatic heterocycles. The van der Waals surface area contributed by atoms with Crippen LogP contribution in [-0.4, -0.2) is 17.1 Å². The average molecular weight is 245 g/mol. The maximum absolute atomic E-state index is 5.90. The summed E-state index contributed by atoms with van der Waals surface area (Å²) in [6.07, 6.45) is 1.87. The standard InChI is InChI=1S/C14H19N3O/c1-14(2,3)12-8-16-13(17-12)9-5-6-11(18-4)10(15)7-9/h5-8H,15H2,1-4H3,(H,16,17). The number of methoxy groups -OCH3 is 1. The van der Waals surface area contributed by atoms with Gasteiger partial charge in [0.1, 0.15) is 11.6 Å². The van der Waals surface area contributed by atoms with Gasteiger partial charge < -0.3 is 15.5 Å². The molecule has 1 heterocycles. The molecule has 96 valence electrons. The Morgan fingerprint density at radius 3 is 2.50 bits per heavy atom. The van der Waals surface area contributed by atoms with Crippen molar-refractivity contribution in [2.75, 3.05) is 12.8 Å². The molecular weight excluding hydrogens is 226 g/mol. The number of aromatic nitrogens is 2. The largest absolute Gasteiger partial charge is 0.495 e. The second-order valence-electron chi connectivity index (χ2n) is 5.35. The first-order valence-corrected chi connectivity index (χ1v) is 5.91. The van der Waals surface area contributed by atoms with E-state index in [9.17, 15) is 0 Å². The summed E-state index contributed by atoms with van der Waals surface area (Å²) in [5, 5.41) is 0. The summed E-state index contributed by atoms with van der Waals surface area (Å²) in [5.74, 6) is 1.51. The number of nitrogens with two attached hydrogens (primary N) is 1. The highest BCUT2D eigenvalue weighted by molar-refractivity contribution is 5.66. The molecule has 0 aliphatic rings. The van der Waals surface area contributed by atoms with Gasteiger partial charge in [0.2, 0.25) is 0 Å². The second-order valence-corrected chi connectivity index (χ2v) is 5.35. The van der Waals surface area contributed by atoms with Gasteiger partial charge >= 0.3 is 0 Å². The number of hydrogen-bond donors (Lipinski definition) is 2. The van der Waals surface area contributed by atoms with E-state index in [2.05, 4.69) is 30.7 Å². The zero-order valence-electron chi connectivity index (χ0n) is 11.2. The molecule has 4 heteroatoms. The summed E-state index contributed by atoms with van der Waals surface area (Å²) in [6.45, 7) is 6.44. The molecule has 18 heavy (non-hydrogen) atoms. The third kappa shape index (κ3) is 2.32. The molecule has 1 aromatic carbocycles. The van der Waals surface area contributed by atoms with E-state index in [1.54, 1.807) is 7.11 Å². The summed E-state index contributed by atoms with van der Waals surface area (Å²) in [7, 11) is 1.61. The number of aromatic amines is 1. The van der Waals surface area contributed by atoms with Gasteiger partial charge in [0, 0.05) is 22.9 Å². The van der Waals surface area contributed by atoms with Crippen LogP contribution in [0.4, 0.5) is 5.69 Å². The number of nitrogens with zero attached hydrogens (tertiary/aromatic N) is 1. The Balaban J connectivity index is 2.38. The molecule has 0 atom stereocenters. The maximum atomic E-state index is 5.90. The lowest BCUT2D eigenvalue weighted by atomic mass is 9.93. The van der Waals surface area contributed by atoms with Crippen LogP contribution < -0.4 is 10.5 Å². The van der Waals surface area contributed by atoms with Gasteiger partial charge in [0.05, 0.1) is 12.8 Å². The minimum Gasteiger partial charge on any atom is -0.495 e. The number of nitrogen functional groups attached to an aromatic ring is 1. The molecule has 0 saturated carbocycles. The first-order chi connectivity index (χ1) is 8.41. The van der Waals surface area contributed by atoms with E-state index in [1.807, 2.05) is 24.4 Å². The highest BCUT2D eigenvalue weighted by atomic mass is 16.5. The van der Waals surface area contributed by atoms with Gasteiger partial charge in [0.15, 0.2) is 0 Å². The summed E-state index contributed by atoms with van der Waals surface area (Å²) in [5.41, 5.74) is 8.63. The van der Waals surface area contributed by atoms with Crippen molar-refractivity contribution in [3.63, 3.8) is 0 Å². The molecule has 0 amide bonds. The third-order valence-corrected chi connectivity index (χ3v) is 2.89. The number of H-pyrrole nitrogens is 1. The topological polar surface area (TPSA) is 63.9 Å². The fourth-order valence-corrected chi connectivity index (χ4v) is 1.73. The highest BCUT2D eigenvalue weighted by Gasteiger charge is 2.17. The van der Waals surface area contributed by atoms with E-state index in [0.717, 1.165) is 17.1 Å². The number of ether oxygens (including phenoxy) is 1. The van der Waals surface area contributed by atoms with Crippen LogP contribution in [-0.2, 0) is 5.41 Å². The zero-order valence-corrected chi connectivity index (χ0v) is 11.2. The fourth-order valence-electron chi connectivity index (χ4n) is 1.73. The molecule has 0 fully saturated rings. The monoisotopic (exact) mass is 245 g/mol. The van der Waals surface area contributed by atoms with E-state index in [0.29, 0.717) is 11.4 Å². The molecule has 0 aliphatic carbocycles. The first-order valence-electron chi connectivity index (χ1n) is 5.91. The number of nitrogens with one attached hydrogen (secondary N) is 1. The van der Waals surface area contributed by atoms with Gasteiger partial charge in [-0.2, -0.15) is 0 Å². The predicted octanol–water partition coefficient (Wildman–Crippen LogP) is 2.96. The van der Waals surface area contributed by atoms with E-state index >= 15 is 0 Å². The quantitative estimate of drug-likeness (QED) is 0.799. The van der Waals surface area contributed by atoms with Crippen LogP contribution in [0.15, 0.2) is 24.4 Å². The minimum atomic E-state index is 0.0588. The SMILES string of the molecule is COc1ccc(-c2ncc(C(C)(C)C)[nH]2)cc1N. The van der Waals surface area contributed by atoms with Crippen LogP contribution in [0.2, 0.25) is 0 Å². The molecule has 1 aromatic heterocycles. The van der Waals surface area contributed by atoms with Gasteiger partial charge in [0.25, 0.3) is 0 Å². The van der Waals surface area contributed by atoms with Gasteiger partial charge in [-0.15, -0.1) is 0 Å². The molecule has 4 nitrogen and oxygen atoms in total. The van der Waals surface area contributed by atoms with Gasteiger partial charge in [-0.1, -0.05) is 20.8 Å². The Morgan fingerprint density at radius 2 is 2.00 bits per heavy atom. The molecule has 0 spiro atoms. The van der Waals surface area contributed by atoms with Crippen LogP contribution >= 0.6 is 0 Å². The Morgan fingerprint density at radius 1 is 1.28 bits per heavy atom. The van der Waals surface area contributed by atoms with Gasteiger partial charge in [-0.25, -0.2) is 4.98 Å². The number of anilines is 1. The minimum absolute atomic E-state index is 0.0588. The second kappa shape index (κ2) is 4.37. The van der Waals surface area contributed by atoms with Crippen molar-refractivity contribution < 1.29 is 4.74 Å². The van der Waals surface area contributed by atoms with Crippen LogP contribution in [0.1, 0.15) is 26.5 Å². The number of benzene rings is 1. The Hall–Kier alpha value is -1.97. The highest BCUT2D eigenvalue weighted by Crippen LogP contribution is 2.28. The molecule has 0 unspecified atom stereocenters. The predicted molar refractivity (Wildman–Crippen MR) is 73.7 cm³/mol. The van der Waals surface area contributed by atoms with Crippen molar-refractivity contribution in [2.24, 2.45) is 0 Å². The Labute approximate surface area is 107 Å². The molecule has 0 radical (unpaired) electrons. The lowest BCUT2D eigenvalue weighted by Gasteiger charge is -2.15.